The van der Waals surface area contributed by atoms with Crippen LogP contribution in [0.1, 0.15) is 17.4 Å². The molecule has 1 N–H and O–H groups in total. The number of nitrogens with zero attached hydrogens (tertiary/aromatic N) is 2. The number of aromatic amines is 1. The molecule has 12 heavy (non-hydrogen) atoms. The van der Waals surface area contributed by atoms with E-state index in [2.05, 4.69) is 15.2 Å². The van der Waals surface area contributed by atoms with Gasteiger partial charge in [-0.3, -0.25) is 9.89 Å². The molecule has 0 unspecified atom stereocenters. The number of hydrogen-bond donors (Lipinski definition) is 1. The van der Waals surface area contributed by atoms with Crippen LogP contribution in [-0.2, 0) is 0 Å². The van der Waals surface area contributed by atoms with Crippen LogP contribution in [0, 0.1) is 0 Å². The van der Waals surface area contributed by atoms with Gasteiger partial charge in [-0.1, -0.05) is 0 Å². The lowest BCUT2D eigenvalue weighted by Gasteiger charge is -1.92. The number of carbonyl (C=O) groups excluding carboxylic acids is 1. The first kappa shape index (κ1) is 6.97. The lowest BCUT2D eigenvalue weighted by atomic mass is 10.2. The third kappa shape index (κ3) is 0.972. The van der Waals surface area contributed by atoms with Gasteiger partial charge in [-0.2, -0.15) is 5.10 Å². The molecule has 2 rings (SSSR count). The Balaban J connectivity index is 2.68. The van der Waals surface area contributed by atoms with E-state index < -0.39 is 0 Å². The van der Waals surface area contributed by atoms with Crippen LogP contribution < -0.4 is 0 Å². The highest BCUT2D eigenvalue weighted by Crippen LogP contribution is 2.08. The molecule has 0 bridgehead atoms. The smallest absolute Gasteiger partial charge is 0.178 e. The highest BCUT2D eigenvalue weighted by atomic mass is 16.1. The van der Waals surface area contributed by atoms with Crippen molar-refractivity contribution >= 4 is 16.8 Å². The van der Waals surface area contributed by atoms with Crippen LogP contribution in [0.4, 0.5) is 0 Å². The first-order valence-electron chi connectivity index (χ1n) is 3.58. The second-order valence-corrected chi connectivity index (χ2v) is 2.56. The fourth-order valence-electron chi connectivity index (χ4n) is 1.02. The summed E-state index contributed by atoms with van der Waals surface area (Å²) in [7, 11) is 0. The molecule has 0 radical (unpaired) electrons. The van der Waals surface area contributed by atoms with Crippen molar-refractivity contribution in [3.8, 4) is 0 Å². The molecule has 0 saturated heterocycles. The molecule has 4 heteroatoms. The lowest BCUT2D eigenvalue weighted by Crippen LogP contribution is -1.95. The number of aromatic nitrogens is 3. The topological polar surface area (TPSA) is 58.6 Å². The van der Waals surface area contributed by atoms with Gasteiger partial charge < -0.3 is 0 Å². The molecule has 0 aliphatic carbocycles. The zero-order valence-electron chi connectivity index (χ0n) is 6.53. The Morgan fingerprint density at radius 1 is 1.50 bits per heavy atom. The summed E-state index contributed by atoms with van der Waals surface area (Å²) in [4.78, 5) is 15.0. The number of H-pyrrole nitrogens is 1. The minimum Gasteiger partial charge on any atom is -0.293 e. The van der Waals surface area contributed by atoms with E-state index in [0.717, 1.165) is 5.39 Å². The molecule has 0 spiro atoms. The minimum atomic E-state index is -0.0356. The number of fused-ring (bicyclic) bond motifs is 1. The summed E-state index contributed by atoms with van der Waals surface area (Å²) in [6.07, 6.45) is 1.67. The van der Waals surface area contributed by atoms with Crippen LogP contribution in [-0.4, -0.2) is 21.0 Å². The van der Waals surface area contributed by atoms with Crippen LogP contribution in [0.3, 0.4) is 0 Å². The highest BCUT2D eigenvalue weighted by molar-refractivity contribution is 5.94. The highest BCUT2D eigenvalue weighted by Gasteiger charge is 2.02. The molecular formula is C8H7N3O. The molecule has 2 heterocycles. The van der Waals surface area contributed by atoms with Gasteiger partial charge in [0.2, 0.25) is 0 Å². The quantitative estimate of drug-likeness (QED) is 0.638. The van der Waals surface area contributed by atoms with Gasteiger partial charge >= 0.3 is 0 Å². The first-order valence-corrected chi connectivity index (χ1v) is 3.58. The molecule has 0 aliphatic rings. The standard InChI is InChI=1S/C8H7N3O/c1-5(12)7-3-2-6-4-9-11-8(6)10-7/h2-4H,1H3,(H,9,10,11). The number of rotatable bonds is 1. The predicted octanol–water partition coefficient (Wildman–Crippen LogP) is 1.16. The summed E-state index contributed by atoms with van der Waals surface area (Å²) in [5.41, 5.74) is 1.12. The molecule has 2 aromatic rings. The molecule has 4 nitrogen and oxygen atoms in total. The van der Waals surface area contributed by atoms with E-state index in [0.29, 0.717) is 11.3 Å². The molecular weight excluding hydrogens is 154 g/mol. The van der Waals surface area contributed by atoms with E-state index in [1.54, 1.807) is 12.3 Å². The molecule has 0 amide bonds. The van der Waals surface area contributed by atoms with E-state index in [9.17, 15) is 4.79 Å². The summed E-state index contributed by atoms with van der Waals surface area (Å²) in [5.74, 6) is -0.0356. The number of hydrogen-bond acceptors (Lipinski definition) is 3. The summed E-state index contributed by atoms with van der Waals surface area (Å²) in [5, 5.41) is 7.42. The van der Waals surface area contributed by atoms with Gasteiger partial charge in [-0.15, -0.1) is 0 Å². The second-order valence-electron chi connectivity index (χ2n) is 2.56. The van der Waals surface area contributed by atoms with E-state index >= 15 is 0 Å². The van der Waals surface area contributed by atoms with Crippen molar-refractivity contribution in [2.45, 2.75) is 6.92 Å². The van der Waals surface area contributed by atoms with E-state index in [-0.39, 0.29) is 5.78 Å². The number of Topliss-reactive ketones (excluding diaryl/α,β-unsaturated/α-hetero) is 1. The van der Waals surface area contributed by atoms with Crippen LogP contribution in [0.25, 0.3) is 11.0 Å². The SMILES string of the molecule is CC(=O)c1ccc2cn[nH]c2n1. The Kier molecular flexibility index (Phi) is 1.40. The van der Waals surface area contributed by atoms with E-state index in [1.807, 2.05) is 6.07 Å². The Hall–Kier alpha value is -1.71. The van der Waals surface area contributed by atoms with Gasteiger partial charge in [0.25, 0.3) is 0 Å². The van der Waals surface area contributed by atoms with Gasteiger partial charge in [0.15, 0.2) is 11.4 Å². The van der Waals surface area contributed by atoms with Crippen LogP contribution >= 0.6 is 0 Å². The molecule has 0 atom stereocenters. The molecule has 0 saturated carbocycles. The van der Waals surface area contributed by atoms with Gasteiger partial charge in [-0.05, 0) is 12.1 Å². The average Bonchev–Trinajstić information content (AvgIpc) is 2.49. The Morgan fingerprint density at radius 2 is 2.33 bits per heavy atom. The second kappa shape index (κ2) is 2.41. The van der Waals surface area contributed by atoms with Crippen molar-refractivity contribution in [2.75, 3.05) is 0 Å². The molecule has 60 valence electrons. The Morgan fingerprint density at radius 3 is 3.08 bits per heavy atom. The van der Waals surface area contributed by atoms with Crippen LogP contribution in [0.2, 0.25) is 0 Å². The average molecular weight is 161 g/mol. The number of carbonyl (C=O) groups is 1. The minimum absolute atomic E-state index is 0.0356. The number of ketones is 1. The maximum absolute atomic E-state index is 10.9. The van der Waals surface area contributed by atoms with Gasteiger partial charge in [-0.25, -0.2) is 4.98 Å². The number of nitrogens with one attached hydrogen (secondary N) is 1. The van der Waals surface area contributed by atoms with Crippen LogP contribution in [0.5, 0.6) is 0 Å². The van der Waals surface area contributed by atoms with Crippen LogP contribution in [0.15, 0.2) is 18.3 Å². The van der Waals surface area contributed by atoms with Gasteiger partial charge in [0.1, 0.15) is 5.69 Å². The van der Waals surface area contributed by atoms with Crippen molar-refractivity contribution in [2.24, 2.45) is 0 Å². The van der Waals surface area contributed by atoms with Gasteiger partial charge in [0.05, 0.1) is 6.20 Å². The number of pyridine rings is 1. The maximum Gasteiger partial charge on any atom is 0.178 e. The third-order valence-electron chi connectivity index (χ3n) is 1.66. The first-order chi connectivity index (χ1) is 5.77. The third-order valence-corrected chi connectivity index (χ3v) is 1.66. The Bertz CT molecular complexity index is 433. The molecule has 2 aromatic heterocycles. The fraction of sp³-hybridized carbons (Fsp3) is 0.125. The summed E-state index contributed by atoms with van der Waals surface area (Å²) in [6.45, 7) is 1.49. The lowest BCUT2D eigenvalue weighted by molar-refractivity contribution is 0.101. The predicted molar refractivity (Wildman–Crippen MR) is 43.9 cm³/mol. The van der Waals surface area contributed by atoms with Crippen molar-refractivity contribution in [1.29, 1.82) is 0 Å². The van der Waals surface area contributed by atoms with Crippen molar-refractivity contribution < 1.29 is 4.79 Å². The monoisotopic (exact) mass is 161 g/mol. The molecule has 0 fully saturated rings. The van der Waals surface area contributed by atoms with Crippen molar-refractivity contribution in [3.05, 3.63) is 24.0 Å². The fourth-order valence-corrected chi connectivity index (χ4v) is 1.02. The van der Waals surface area contributed by atoms with Gasteiger partial charge in [0, 0.05) is 12.3 Å². The summed E-state index contributed by atoms with van der Waals surface area (Å²) < 4.78 is 0. The zero-order valence-corrected chi connectivity index (χ0v) is 6.53. The molecule has 0 aliphatic heterocycles. The normalized spacial score (nSPS) is 10.4. The van der Waals surface area contributed by atoms with E-state index in [4.69, 9.17) is 0 Å². The maximum atomic E-state index is 10.9. The Labute approximate surface area is 68.6 Å². The van der Waals surface area contributed by atoms with E-state index in [1.165, 1.54) is 6.92 Å². The van der Waals surface area contributed by atoms with Crippen molar-refractivity contribution in [1.82, 2.24) is 15.2 Å². The molecule has 0 aromatic carbocycles. The van der Waals surface area contributed by atoms with Crippen molar-refractivity contribution in [3.63, 3.8) is 0 Å². The largest absolute Gasteiger partial charge is 0.293 e. The summed E-state index contributed by atoms with van der Waals surface area (Å²) in [6, 6.07) is 3.52. The summed E-state index contributed by atoms with van der Waals surface area (Å²) >= 11 is 0. The zero-order chi connectivity index (χ0) is 8.55.